The maximum atomic E-state index is 13.9. The molecule has 0 saturated carbocycles. The van der Waals surface area contributed by atoms with E-state index in [0.717, 1.165) is 50.5 Å². The number of fused-ring (bicyclic) bond motifs is 1. The van der Waals surface area contributed by atoms with Crippen molar-refractivity contribution in [1.82, 2.24) is 25.4 Å². The van der Waals surface area contributed by atoms with Crippen LogP contribution in [0.25, 0.3) is 6.08 Å². The average Bonchev–Trinajstić information content (AvgIpc) is 3.35. The monoisotopic (exact) mass is 503 g/mol. The molecule has 0 radical (unpaired) electrons. The molecule has 5 rings (SSSR count). The number of nitrogens with zero attached hydrogens (tertiary/aromatic N) is 2. The van der Waals surface area contributed by atoms with Gasteiger partial charge in [-0.1, -0.05) is 36.4 Å². The van der Waals surface area contributed by atoms with E-state index in [4.69, 9.17) is 0 Å². The summed E-state index contributed by atoms with van der Waals surface area (Å²) in [4.78, 5) is 33.6. The first-order valence-electron chi connectivity index (χ1n) is 12.9. The number of hydrogen-bond donors (Lipinski definition) is 3. The minimum atomic E-state index is -1.10. The van der Waals surface area contributed by atoms with Crippen LogP contribution in [0.4, 0.5) is 4.39 Å². The molecule has 2 aromatic rings. The van der Waals surface area contributed by atoms with E-state index in [-0.39, 0.29) is 18.2 Å². The molecule has 37 heavy (non-hydrogen) atoms. The van der Waals surface area contributed by atoms with Crippen LogP contribution in [0.5, 0.6) is 0 Å². The van der Waals surface area contributed by atoms with E-state index in [1.807, 2.05) is 19.9 Å². The third kappa shape index (κ3) is 5.60. The summed E-state index contributed by atoms with van der Waals surface area (Å²) < 4.78 is 13.9. The molecular formula is C29H34FN5O2. The number of benzene rings is 1. The largest absolute Gasteiger partial charge is 0.358 e. The summed E-state index contributed by atoms with van der Waals surface area (Å²) in [7, 11) is 0. The van der Waals surface area contributed by atoms with E-state index in [1.54, 1.807) is 12.2 Å². The topological polar surface area (TPSA) is 80.5 Å². The third-order valence-electron chi connectivity index (χ3n) is 7.39. The number of rotatable bonds is 7. The molecule has 3 aliphatic rings. The first-order chi connectivity index (χ1) is 17.9. The van der Waals surface area contributed by atoms with Gasteiger partial charge in [0.05, 0.1) is 11.1 Å². The van der Waals surface area contributed by atoms with Crippen molar-refractivity contribution in [2.75, 3.05) is 39.3 Å². The van der Waals surface area contributed by atoms with Gasteiger partial charge in [-0.05, 0) is 37.1 Å². The van der Waals surface area contributed by atoms with Gasteiger partial charge in [0.15, 0.2) is 0 Å². The molecule has 1 aromatic heterocycles. The predicted molar refractivity (Wildman–Crippen MR) is 143 cm³/mol. The minimum Gasteiger partial charge on any atom is -0.358 e. The summed E-state index contributed by atoms with van der Waals surface area (Å²) in [5.41, 5.74) is 5.79. The van der Waals surface area contributed by atoms with Crippen LogP contribution in [0.3, 0.4) is 0 Å². The Morgan fingerprint density at radius 3 is 2.62 bits per heavy atom. The number of carbonyl (C=O) groups excluding carboxylic acids is 2. The molecule has 2 aliphatic heterocycles. The highest BCUT2D eigenvalue weighted by Gasteiger charge is 2.31. The smallest absolute Gasteiger partial charge is 0.256 e. The Kier molecular flexibility index (Phi) is 7.39. The Morgan fingerprint density at radius 1 is 1.14 bits per heavy atom. The summed E-state index contributed by atoms with van der Waals surface area (Å²) in [6, 6.07) is 10.5. The van der Waals surface area contributed by atoms with Crippen LogP contribution in [0.1, 0.15) is 39.3 Å². The molecular weight excluding hydrogens is 469 g/mol. The van der Waals surface area contributed by atoms with Crippen LogP contribution in [-0.4, -0.2) is 72.0 Å². The van der Waals surface area contributed by atoms with E-state index < -0.39 is 6.17 Å². The van der Waals surface area contributed by atoms with Crippen molar-refractivity contribution in [3.8, 4) is 0 Å². The zero-order valence-electron chi connectivity index (χ0n) is 21.4. The van der Waals surface area contributed by atoms with E-state index >= 15 is 0 Å². The van der Waals surface area contributed by atoms with Gasteiger partial charge in [-0.2, -0.15) is 0 Å². The van der Waals surface area contributed by atoms with Gasteiger partial charge in [0.1, 0.15) is 6.17 Å². The third-order valence-corrected chi connectivity index (χ3v) is 7.39. The normalized spacial score (nSPS) is 21.4. The number of carbonyl (C=O) groups is 2. The lowest BCUT2D eigenvalue weighted by molar-refractivity contribution is -0.115. The van der Waals surface area contributed by atoms with Crippen molar-refractivity contribution >= 4 is 17.9 Å². The van der Waals surface area contributed by atoms with E-state index in [9.17, 15) is 14.0 Å². The fourth-order valence-corrected chi connectivity index (χ4v) is 5.32. The molecule has 1 aromatic carbocycles. The standard InChI is InChI=1S/C29H34FN5O2/c1-19-26(17-24-23-16-22(30)8-9-25(23)33-28(24)36)32-20(2)27(19)29(37)31-10-11-34-12-14-35(15-13-34)18-21-6-4-3-5-7-21/h3-7,9,16-17,22,32H,8,10-15,18H2,1-2H3,(H,31,37)(H,33,36). The fraction of sp³-hybridized carbons (Fsp3) is 0.379. The summed E-state index contributed by atoms with van der Waals surface area (Å²) in [6.07, 6.45) is 4.08. The molecule has 2 fully saturated rings. The SMILES string of the molecule is Cc1[nH]c(C=C2C(=O)NC3=CCC(F)C=C32)c(C)c1C(=O)NCCN1CCN(Cc2ccccc2)CC1. The van der Waals surface area contributed by atoms with Crippen molar-refractivity contribution in [3.05, 3.63) is 87.4 Å². The Labute approximate surface area is 217 Å². The fourth-order valence-electron chi connectivity index (χ4n) is 5.32. The molecule has 194 valence electrons. The highest BCUT2D eigenvalue weighted by atomic mass is 19.1. The highest BCUT2D eigenvalue weighted by Crippen LogP contribution is 2.33. The molecule has 0 bridgehead atoms. The van der Waals surface area contributed by atoms with Crippen LogP contribution in [-0.2, 0) is 11.3 Å². The first kappa shape index (κ1) is 25.2. The average molecular weight is 504 g/mol. The van der Waals surface area contributed by atoms with Crippen molar-refractivity contribution in [2.45, 2.75) is 33.0 Å². The van der Waals surface area contributed by atoms with Gasteiger partial charge in [-0.15, -0.1) is 0 Å². The van der Waals surface area contributed by atoms with Crippen LogP contribution in [0.2, 0.25) is 0 Å². The number of halogens is 1. The zero-order valence-corrected chi connectivity index (χ0v) is 21.4. The lowest BCUT2D eigenvalue weighted by atomic mass is 9.97. The number of aromatic amines is 1. The number of piperazine rings is 1. The van der Waals surface area contributed by atoms with E-state index in [1.165, 1.54) is 11.6 Å². The van der Waals surface area contributed by atoms with Crippen LogP contribution in [0.15, 0.2) is 59.3 Å². The van der Waals surface area contributed by atoms with Crippen LogP contribution < -0.4 is 10.6 Å². The first-order valence-corrected chi connectivity index (χ1v) is 12.9. The van der Waals surface area contributed by atoms with E-state index in [0.29, 0.717) is 34.6 Å². The number of H-pyrrole nitrogens is 1. The lowest BCUT2D eigenvalue weighted by Gasteiger charge is -2.34. The molecule has 1 aliphatic carbocycles. The number of aryl methyl sites for hydroxylation is 1. The number of hydrogen-bond acceptors (Lipinski definition) is 4. The van der Waals surface area contributed by atoms with Crippen molar-refractivity contribution < 1.29 is 14.0 Å². The molecule has 2 saturated heterocycles. The number of alkyl halides is 1. The predicted octanol–water partition coefficient (Wildman–Crippen LogP) is 3.24. The summed E-state index contributed by atoms with van der Waals surface area (Å²) in [5, 5.41) is 5.86. The van der Waals surface area contributed by atoms with Crippen LogP contribution >= 0.6 is 0 Å². The molecule has 1 unspecified atom stereocenters. The lowest BCUT2D eigenvalue weighted by Crippen LogP contribution is -2.48. The maximum Gasteiger partial charge on any atom is 0.256 e. The molecule has 7 nitrogen and oxygen atoms in total. The Balaban J connectivity index is 1.16. The second-order valence-corrected chi connectivity index (χ2v) is 9.98. The van der Waals surface area contributed by atoms with Gasteiger partial charge >= 0.3 is 0 Å². The van der Waals surface area contributed by atoms with Gasteiger partial charge in [0.25, 0.3) is 11.8 Å². The van der Waals surface area contributed by atoms with Gasteiger partial charge in [0.2, 0.25) is 0 Å². The van der Waals surface area contributed by atoms with Gasteiger partial charge in [-0.25, -0.2) is 4.39 Å². The molecule has 1 atom stereocenters. The Hall–Kier alpha value is -3.49. The number of nitrogens with one attached hydrogen (secondary N) is 3. The number of amides is 2. The Bertz CT molecular complexity index is 1270. The molecule has 2 amide bonds. The second kappa shape index (κ2) is 10.9. The number of allylic oxidation sites excluding steroid dienone is 3. The molecule has 8 heteroatoms. The van der Waals surface area contributed by atoms with Crippen molar-refractivity contribution in [1.29, 1.82) is 0 Å². The number of aromatic nitrogens is 1. The Morgan fingerprint density at radius 2 is 1.86 bits per heavy atom. The zero-order chi connectivity index (χ0) is 25.9. The quantitative estimate of drug-likeness (QED) is 0.507. The summed E-state index contributed by atoms with van der Waals surface area (Å²) in [5.74, 6) is -0.385. The van der Waals surface area contributed by atoms with Crippen LogP contribution in [0, 0.1) is 13.8 Å². The van der Waals surface area contributed by atoms with Gasteiger partial charge < -0.3 is 15.6 Å². The van der Waals surface area contributed by atoms with E-state index in [2.05, 4.69) is 49.7 Å². The minimum absolute atomic E-state index is 0.129. The summed E-state index contributed by atoms with van der Waals surface area (Å²) in [6.45, 7) is 10.1. The molecule has 3 heterocycles. The molecule has 0 spiro atoms. The highest BCUT2D eigenvalue weighted by molar-refractivity contribution is 6.09. The van der Waals surface area contributed by atoms with Crippen molar-refractivity contribution in [3.63, 3.8) is 0 Å². The summed E-state index contributed by atoms with van der Waals surface area (Å²) >= 11 is 0. The van der Waals surface area contributed by atoms with Gasteiger partial charge in [-0.3, -0.25) is 19.4 Å². The van der Waals surface area contributed by atoms with Crippen molar-refractivity contribution in [2.24, 2.45) is 0 Å². The second-order valence-electron chi connectivity index (χ2n) is 9.98. The maximum absolute atomic E-state index is 13.9. The van der Waals surface area contributed by atoms with Gasteiger partial charge in [0, 0.05) is 74.9 Å². The molecule has 3 N–H and O–H groups in total.